The molecule has 0 saturated heterocycles. The quantitative estimate of drug-likeness (QED) is 0.736. The summed E-state index contributed by atoms with van der Waals surface area (Å²) in [5, 5.41) is 0. The lowest BCUT2D eigenvalue weighted by Crippen LogP contribution is -1.85. The summed E-state index contributed by atoms with van der Waals surface area (Å²) < 4.78 is 10.7. The molecule has 0 aromatic heterocycles. The number of rotatable bonds is 3. The van der Waals surface area contributed by atoms with E-state index < -0.39 is 0 Å². The summed E-state index contributed by atoms with van der Waals surface area (Å²) in [6, 6.07) is 14.4. The second-order valence-corrected chi connectivity index (χ2v) is 3.39. The summed E-state index contributed by atoms with van der Waals surface area (Å²) in [4.78, 5) is 3.35. The van der Waals surface area contributed by atoms with Crippen molar-refractivity contribution in [2.75, 3.05) is 7.11 Å². The van der Waals surface area contributed by atoms with Gasteiger partial charge in [0.15, 0.2) is 5.69 Å². The van der Waals surface area contributed by atoms with E-state index in [1.165, 1.54) is 0 Å². The molecule has 0 fully saturated rings. The maximum Gasteiger partial charge on any atom is 0.190 e. The predicted octanol–water partition coefficient (Wildman–Crippen LogP) is 4.04. The number of hydrogen-bond donors (Lipinski definition) is 0. The molecule has 17 heavy (non-hydrogen) atoms. The normalized spacial score (nSPS) is 9.41. The highest BCUT2D eigenvalue weighted by Crippen LogP contribution is 2.26. The zero-order chi connectivity index (χ0) is 12.1. The van der Waals surface area contributed by atoms with Crippen LogP contribution in [0.5, 0.6) is 17.2 Å². The average molecular weight is 225 g/mol. The minimum Gasteiger partial charge on any atom is -0.497 e. The Labute approximate surface area is 100 Å². The molecule has 84 valence electrons. The average Bonchev–Trinajstić information content (AvgIpc) is 2.40. The van der Waals surface area contributed by atoms with Gasteiger partial charge in [-0.2, -0.15) is 0 Å². The van der Waals surface area contributed by atoms with Gasteiger partial charge in [0.05, 0.1) is 13.7 Å². The molecule has 0 aliphatic carbocycles. The largest absolute Gasteiger partial charge is 0.497 e. The van der Waals surface area contributed by atoms with Crippen molar-refractivity contribution >= 4 is 5.69 Å². The topological polar surface area (TPSA) is 22.8 Å². The van der Waals surface area contributed by atoms with Crippen molar-refractivity contribution in [3.8, 4) is 17.2 Å². The van der Waals surface area contributed by atoms with Gasteiger partial charge in [-0.15, -0.1) is 0 Å². The van der Waals surface area contributed by atoms with Gasteiger partial charge in [-0.1, -0.05) is 12.1 Å². The summed E-state index contributed by atoms with van der Waals surface area (Å²) in [7, 11) is 1.62. The Kier molecular flexibility index (Phi) is 3.27. The fraction of sp³-hybridized carbons (Fsp3) is 0.0714. The Morgan fingerprint density at radius 2 is 1.65 bits per heavy atom. The molecular weight excluding hydrogens is 214 g/mol. The van der Waals surface area contributed by atoms with Crippen molar-refractivity contribution in [1.82, 2.24) is 0 Å². The molecule has 0 radical (unpaired) electrons. The number of ether oxygens (including phenoxy) is 2. The summed E-state index contributed by atoms with van der Waals surface area (Å²) >= 11 is 0. The van der Waals surface area contributed by atoms with Gasteiger partial charge in [-0.3, -0.25) is 0 Å². The molecule has 0 aliphatic rings. The van der Waals surface area contributed by atoms with Crippen molar-refractivity contribution in [2.45, 2.75) is 0 Å². The van der Waals surface area contributed by atoms with Gasteiger partial charge >= 0.3 is 0 Å². The third-order valence-electron chi connectivity index (χ3n) is 2.24. The van der Waals surface area contributed by atoms with Gasteiger partial charge in [0.1, 0.15) is 17.2 Å². The van der Waals surface area contributed by atoms with Gasteiger partial charge in [0.25, 0.3) is 0 Å². The molecule has 0 saturated carbocycles. The summed E-state index contributed by atoms with van der Waals surface area (Å²) in [5.41, 5.74) is 0.566. The summed E-state index contributed by atoms with van der Waals surface area (Å²) in [6.45, 7) is 6.93. The minimum absolute atomic E-state index is 0.566. The molecule has 0 N–H and O–H groups in total. The second-order valence-electron chi connectivity index (χ2n) is 3.39. The van der Waals surface area contributed by atoms with Crippen LogP contribution in [0.1, 0.15) is 0 Å². The van der Waals surface area contributed by atoms with Crippen LogP contribution in [0.25, 0.3) is 4.85 Å². The summed E-state index contributed by atoms with van der Waals surface area (Å²) in [6.07, 6.45) is 0. The van der Waals surface area contributed by atoms with E-state index in [2.05, 4.69) is 4.85 Å². The van der Waals surface area contributed by atoms with E-state index in [-0.39, 0.29) is 0 Å². The van der Waals surface area contributed by atoms with Crippen LogP contribution in [0, 0.1) is 6.57 Å². The van der Waals surface area contributed by atoms with Crippen LogP contribution in [-0.2, 0) is 0 Å². The van der Waals surface area contributed by atoms with Crippen LogP contribution in [-0.4, -0.2) is 7.11 Å². The first kappa shape index (κ1) is 11.0. The van der Waals surface area contributed by atoms with E-state index in [1.807, 2.05) is 30.3 Å². The van der Waals surface area contributed by atoms with E-state index >= 15 is 0 Å². The van der Waals surface area contributed by atoms with E-state index in [9.17, 15) is 0 Å². The van der Waals surface area contributed by atoms with Gasteiger partial charge in [0.2, 0.25) is 0 Å². The maximum atomic E-state index is 6.93. The monoisotopic (exact) mass is 225 g/mol. The fourth-order valence-corrected chi connectivity index (χ4v) is 1.40. The van der Waals surface area contributed by atoms with Crippen LogP contribution in [0.15, 0.2) is 48.5 Å². The van der Waals surface area contributed by atoms with E-state index in [0.29, 0.717) is 17.2 Å². The molecule has 0 unspecified atom stereocenters. The first-order valence-corrected chi connectivity index (χ1v) is 5.11. The molecule has 2 aromatic rings. The Morgan fingerprint density at radius 3 is 2.29 bits per heavy atom. The second kappa shape index (κ2) is 5.04. The molecule has 0 bridgehead atoms. The van der Waals surface area contributed by atoms with Gasteiger partial charge in [0, 0.05) is 0 Å². The number of nitrogens with zero attached hydrogens (tertiary/aromatic N) is 1. The Balaban J connectivity index is 2.16. The molecule has 0 amide bonds. The molecular formula is C14H11NO2. The van der Waals surface area contributed by atoms with E-state index in [1.54, 1.807) is 25.3 Å². The van der Waals surface area contributed by atoms with Crippen molar-refractivity contribution in [3.63, 3.8) is 0 Å². The molecule has 2 aromatic carbocycles. The van der Waals surface area contributed by atoms with Crippen molar-refractivity contribution in [3.05, 3.63) is 59.9 Å². The van der Waals surface area contributed by atoms with Crippen LogP contribution in [0.2, 0.25) is 0 Å². The van der Waals surface area contributed by atoms with Crippen molar-refractivity contribution in [1.29, 1.82) is 0 Å². The molecule has 0 spiro atoms. The SMILES string of the molecule is [C-]#[N+]c1cccc(Oc2ccc(OC)cc2)c1. The van der Waals surface area contributed by atoms with Crippen LogP contribution in [0.3, 0.4) is 0 Å². The van der Waals surface area contributed by atoms with Crippen molar-refractivity contribution < 1.29 is 9.47 Å². The van der Waals surface area contributed by atoms with Crippen LogP contribution >= 0.6 is 0 Å². The zero-order valence-electron chi connectivity index (χ0n) is 9.38. The first-order valence-electron chi connectivity index (χ1n) is 5.11. The van der Waals surface area contributed by atoms with Gasteiger partial charge in [-0.25, -0.2) is 4.85 Å². The molecule has 3 nitrogen and oxygen atoms in total. The zero-order valence-corrected chi connectivity index (χ0v) is 9.38. The standard InChI is InChI=1S/C14H11NO2/c1-15-11-4-3-5-14(10-11)17-13-8-6-12(16-2)7-9-13/h3-10H,2H3. The fourth-order valence-electron chi connectivity index (χ4n) is 1.40. The molecule has 0 aliphatic heterocycles. The van der Waals surface area contributed by atoms with Gasteiger partial charge in [-0.05, 0) is 36.4 Å². The molecule has 0 heterocycles. The lowest BCUT2D eigenvalue weighted by molar-refractivity contribution is 0.413. The first-order chi connectivity index (χ1) is 8.31. The van der Waals surface area contributed by atoms with Gasteiger partial charge < -0.3 is 9.47 Å². The van der Waals surface area contributed by atoms with E-state index in [4.69, 9.17) is 16.0 Å². The third-order valence-corrected chi connectivity index (χ3v) is 2.24. The van der Waals surface area contributed by atoms with Crippen LogP contribution < -0.4 is 9.47 Å². The Bertz CT molecular complexity index is 541. The third kappa shape index (κ3) is 2.76. The number of methoxy groups -OCH3 is 1. The molecule has 3 heteroatoms. The lowest BCUT2D eigenvalue weighted by Gasteiger charge is -2.06. The smallest absolute Gasteiger partial charge is 0.190 e. The minimum atomic E-state index is 0.566. The molecule has 2 rings (SSSR count). The predicted molar refractivity (Wildman–Crippen MR) is 65.8 cm³/mol. The van der Waals surface area contributed by atoms with E-state index in [0.717, 1.165) is 5.75 Å². The van der Waals surface area contributed by atoms with Crippen LogP contribution in [0.4, 0.5) is 5.69 Å². The number of benzene rings is 2. The lowest BCUT2D eigenvalue weighted by atomic mass is 10.3. The highest BCUT2D eigenvalue weighted by molar-refractivity contribution is 5.50. The number of hydrogen-bond acceptors (Lipinski definition) is 2. The highest BCUT2D eigenvalue weighted by atomic mass is 16.5. The Hall–Kier alpha value is -2.47. The highest BCUT2D eigenvalue weighted by Gasteiger charge is 1.99. The maximum absolute atomic E-state index is 6.93. The summed E-state index contributed by atoms with van der Waals surface area (Å²) in [5.74, 6) is 2.16. The van der Waals surface area contributed by atoms with Crippen molar-refractivity contribution in [2.24, 2.45) is 0 Å². The Morgan fingerprint density at radius 1 is 0.941 bits per heavy atom. The molecule has 0 atom stereocenters.